The number of carbonyl (C=O) groups is 2. The number of hydrogen-bond donors (Lipinski definition) is 0. The Morgan fingerprint density at radius 3 is 2.62 bits per heavy atom. The molecule has 0 aliphatic heterocycles. The number of ether oxygens (including phenoxy) is 1. The largest absolute Gasteiger partial charge is 0.431 e. The fourth-order valence-corrected chi connectivity index (χ4v) is 3.11. The molecule has 3 aliphatic carbocycles. The molecule has 3 unspecified atom stereocenters. The number of allylic oxidation sites excluding steroid dienone is 2. The molecule has 3 nitrogen and oxygen atoms in total. The molecule has 0 amide bonds. The topological polar surface area (TPSA) is 43.4 Å². The molecule has 0 aromatic heterocycles. The van der Waals surface area contributed by atoms with E-state index in [1.165, 1.54) is 6.92 Å². The Labute approximate surface area is 95.9 Å². The van der Waals surface area contributed by atoms with Gasteiger partial charge in [0.1, 0.15) is 11.5 Å². The Bertz CT molecular complexity index is 369. The molecule has 0 radical (unpaired) electrons. The van der Waals surface area contributed by atoms with Gasteiger partial charge in [-0.3, -0.25) is 9.59 Å². The minimum atomic E-state index is -0.262. The second-order valence-corrected chi connectivity index (χ2v) is 5.28. The lowest BCUT2D eigenvalue weighted by atomic mass is 9.58. The molecule has 16 heavy (non-hydrogen) atoms. The maximum atomic E-state index is 11.6. The molecule has 3 heteroatoms. The number of ketones is 1. The molecule has 2 bridgehead atoms. The van der Waals surface area contributed by atoms with Crippen LogP contribution in [0.4, 0.5) is 0 Å². The molecule has 88 valence electrons. The van der Waals surface area contributed by atoms with Gasteiger partial charge in [0.25, 0.3) is 0 Å². The van der Waals surface area contributed by atoms with E-state index in [1.807, 2.05) is 6.08 Å². The Hall–Kier alpha value is -1.12. The van der Waals surface area contributed by atoms with Gasteiger partial charge in [0.15, 0.2) is 0 Å². The zero-order valence-electron chi connectivity index (χ0n) is 10.1. The maximum absolute atomic E-state index is 11.6. The van der Waals surface area contributed by atoms with Gasteiger partial charge in [0.2, 0.25) is 0 Å². The third-order valence-corrected chi connectivity index (χ3v) is 3.97. The standard InChI is InChI=1S/C13H18O3/c1-8(14)11-6-10-4-5-13(11,3)7-12(10)16-9(2)15/h7,10-11H,4-6H2,1-3H3. The summed E-state index contributed by atoms with van der Waals surface area (Å²) < 4.78 is 5.23. The summed E-state index contributed by atoms with van der Waals surface area (Å²) in [6.07, 6.45) is 4.90. The van der Waals surface area contributed by atoms with Crippen LogP contribution >= 0.6 is 0 Å². The van der Waals surface area contributed by atoms with Gasteiger partial charge in [0.05, 0.1) is 0 Å². The summed E-state index contributed by atoms with van der Waals surface area (Å²) >= 11 is 0. The van der Waals surface area contributed by atoms with Crippen LogP contribution in [0.5, 0.6) is 0 Å². The summed E-state index contributed by atoms with van der Waals surface area (Å²) in [5.41, 5.74) is -0.106. The molecule has 0 aromatic carbocycles. The van der Waals surface area contributed by atoms with Crippen LogP contribution in [0.25, 0.3) is 0 Å². The predicted molar refractivity (Wildman–Crippen MR) is 59.5 cm³/mol. The summed E-state index contributed by atoms with van der Waals surface area (Å²) in [5, 5.41) is 0. The highest BCUT2D eigenvalue weighted by Crippen LogP contribution is 2.52. The van der Waals surface area contributed by atoms with Crippen LogP contribution < -0.4 is 0 Å². The first-order chi connectivity index (χ1) is 7.42. The van der Waals surface area contributed by atoms with Crippen molar-refractivity contribution in [1.29, 1.82) is 0 Å². The highest BCUT2D eigenvalue weighted by Gasteiger charge is 2.47. The lowest BCUT2D eigenvalue weighted by molar-refractivity contribution is -0.139. The Balaban J connectivity index is 2.28. The fraction of sp³-hybridized carbons (Fsp3) is 0.692. The first-order valence-electron chi connectivity index (χ1n) is 5.84. The van der Waals surface area contributed by atoms with Crippen LogP contribution in [-0.4, -0.2) is 11.8 Å². The molecule has 0 aromatic rings. The number of hydrogen-bond acceptors (Lipinski definition) is 3. The Kier molecular flexibility index (Phi) is 2.64. The second kappa shape index (κ2) is 3.72. The zero-order valence-corrected chi connectivity index (χ0v) is 10.1. The van der Waals surface area contributed by atoms with Crippen LogP contribution in [0, 0.1) is 17.3 Å². The van der Waals surface area contributed by atoms with E-state index < -0.39 is 0 Å². The Morgan fingerprint density at radius 1 is 1.44 bits per heavy atom. The van der Waals surface area contributed by atoms with E-state index in [9.17, 15) is 9.59 Å². The first-order valence-corrected chi connectivity index (χ1v) is 5.84. The van der Waals surface area contributed by atoms with Crippen molar-refractivity contribution < 1.29 is 14.3 Å². The van der Waals surface area contributed by atoms with E-state index in [1.54, 1.807) is 6.92 Å². The average Bonchev–Trinajstić information content (AvgIpc) is 2.15. The van der Waals surface area contributed by atoms with Gasteiger partial charge < -0.3 is 4.74 Å². The smallest absolute Gasteiger partial charge is 0.307 e. The van der Waals surface area contributed by atoms with Gasteiger partial charge in [-0.1, -0.05) is 6.92 Å². The molecule has 0 N–H and O–H groups in total. The molecule has 1 fully saturated rings. The van der Waals surface area contributed by atoms with Crippen LogP contribution in [0.2, 0.25) is 0 Å². The highest BCUT2D eigenvalue weighted by molar-refractivity contribution is 5.80. The summed E-state index contributed by atoms with van der Waals surface area (Å²) in [6, 6.07) is 0. The second-order valence-electron chi connectivity index (χ2n) is 5.28. The van der Waals surface area contributed by atoms with E-state index in [-0.39, 0.29) is 29.0 Å². The molecule has 1 saturated carbocycles. The van der Waals surface area contributed by atoms with Gasteiger partial charge >= 0.3 is 5.97 Å². The van der Waals surface area contributed by atoms with Crippen molar-refractivity contribution in [2.24, 2.45) is 17.3 Å². The number of fused-ring (bicyclic) bond motifs is 2. The summed E-state index contributed by atoms with van der Waals surface area (Å²) in [6.45, 7) is 5.18. The van der Waals surface area contributed by atoms with E-state index in [4.69, 9.17) is 4.74 Å². The third-order valence-electron chi connectivity index (χ3n) is 3.97. The molecule has 3 atom stereocenters. The summed E-state index contributed by atoms with van der Waals surface area (Å²) in [5.74, 6) is 1.15. The lowest BCUT2D eigenvalue weighted by Crippen LogP contribution is -2.42. The molecule has 0 heterocycles. The SMILES string of the molecule is CC(=O)OC1=CC2(C)CCC1CC2C(C)=O. The predicted octanol–water partition coefficient (Wildman–Crippen LogP) is 2.46. The van der Waals surface area contributed by atoms with Gasteiger partial charge in [-0.05, 0) is 37.7 Å². The zero-order chi connectivity index (χ0) is 11.9. The molecule has 0 saturated heterocycles. The maximum Gasteiger partial charge on any atom is 0.307 e. The van der Waals surface area contributed by atoms with Crippen LogP contribution in [0.3, 0.4) is 0 Å². The van der Waals surface area contributed by atoms with Crippen LogP contribution in [-0.2, 0) is 14.3 Å². The van der Waals surface area contributed by atoms with Gasteiger partial charge in [-0.25, -0.2) is 0 Å². The van der Waals surface area contributed by atoms with Crippen molar-refractivity contribution in [3.05, 3.63) is 11.8 Å². The lowest BCUT2D eigenvalue weighted by Gasteiger charge is -2.46. The first kappa shape index (κ1) is 11.4. The van der Waals surface area contributed by atoms with E-state index in [2.05, 4.69) is 6.92 Å². The molecule has 0 spiro atoms. The third kappa shape index (κ3) is 1.79. The van der Waals surface area contributed by atoms with E-state index in [0.717, 1.165) is 25.0 Å². The van der Waals surface area contributed by atoms with E-state index >= 15 is 0 Å². The number of Topliss-reactive ketones (excluding diaryl/α,β-unsaturated/α-hetero) is 1. The Morgan fingerprint density at radius 2 is 2.12 bits per heavy atom. The van der Waals surface area contributed by atoms with Crippen molar-refractivity contribution >= 4 is 11.8 Å². The fourth-order valence-electron chi connectivity index (χ4n) is 3.11. The van der Waals surface area contributed by atoms with Gasteiger partial charge in [-0.2, -0.15) is 0 Å². The van der Waals surface area contributed by atoms with Crippen molar-refractivity contribution in [3.8, 4) is 0 Å². The van der Waals surface area contributed by atoms with Gasteiger partial charge in [-0.15, -0.1) is 0 Å². The monoisotopic (exact) mass is 222 g/mol. The van der Waals surface area contributed by atoms with E-state index in [0.29, 0.717) is 0 Å². The minimum Gasteiger partial charge on any atom is -0.431 e. The molecule has 3 rings (SSSR count). The van der Waals surface area contributed by atoms with Crippen molar-refractivity contribution in [2.45, 2.75) is 40.0 Å². The molecule has 3 aliphatic rings. The normalized spacial score (nSPS) is 36.8. The van der Waals surface area contributed by atoms with Crippen molar-refractivity contribution in [2.75, 3.05) is 0 Å². The van der Waals surface area contributed by atoms with Crippen molar-refractivity contribution in [3.63, 3.8) is 0 Å². The average molecular weight is 222 g/mol. The molecular weight excluding hydrogens is 204 g/mol. The summed E-state index contributed by atoms with van der Waals surface area (Å²) in [7, 11) is 0. The number of carbonyl (C=O) groups excluding carboxylic acids is 2. The van der Waals surface area contributed by atoms with Gasteiger partial charge in [0, 0.05) is 18.8 Å². The van der Waals surface area contributed by atoms with Crippen molar-refractivity contribution in [1.82, 2.24) is 0 Å². The highest BCUT2D eigenvalue weighted by atomic mass is 16.5. The minimum absolute atomic E-state index is 0.102. The van der Waals surface area contributed by atoms with Crippen LogP contribution in [0.1, 0.15) is 40.0 Å². The van der Waals surface area contributed by atoms with Crippen LogP contribution in [0.15, 0.2) is 11.8 Å². The molecular formula is C13H18O3. The quantitative estimate of drug-likeness (QED) is 0.674. The summed E-state index contributed by atoms with van der Waals surface area (Å²) in [4.78, 5) is 22.6. The number of esters is 1. The number of rotatable bonds is 2.